The van der Waals surface area contributed by atoms with E-state index in [9.17, 15) is 14.0 Å². The topological polar surface area (TPSA) is 97.6 Å². The molecule has 2 amide bonds. The third-order valence-electron chi connectivity index (χ3n) is 6.03. The molecule has 3 N–H and O–H groups in total. The molecule has 0 spiro atoms. The summed E-state index contributed by atoms with van der Waals surface area (Å²) in [6.07, 6.45) is 1.54. The van der Waals surface area contributed by atoms with Gasteiger partial charge in [-0.05, 0) is 54.3 Å². The molecule has 9 heteroatoms. The second-order valence-electron chi connectivity index (χ2n) is 8.40. The van der Waals surface area contributed by atoms with Gasteiger partial charge >= 0.3 is 0 Å². The lowest BCUT2D eigenvalue weighted by Gasteiger charge is -2.21. The van der Waals surface area contributed by atoms with E-state index in [1.807, 2.05) is 0 Å². The molecule has 36 heavy (non-hydrogen) atoms. The van der Waals surface area contributed by atoms with Crippen molar-refractivity contribution in [3.05, 3.63) is 89.3 Å². The fourth-order valence-electron chi connectivity index (χ4n) is 4.24. The second kappa shape index (κ2) is 9.83. The number of carbonyl (C=O) groups is 2. The minimum atomic E-state index is -1.31. The van der Waals surface area contributed by atoms with E-state index in [-0.39, 0.29) is 11.5 Å². The number of rotatable bonds is 6. The van der Waals surface area contributed by atoms with Gasteiger partial charge in [-0.2, -0.15) is 0 Å². The first-order chi connectivity index (χ1) is 17.4. The molecule has 0 bridgehead atoms. The minimum Gasteiger partial charge on any atom is -0.476 e. The number of hydrogen-bond acceptors (Lipinski definition) is 5. The van der Waals surface area contributed by atoms with Crippen LogP contribution >= 0.6 is 11.6 Å². The van der Waals surface area contributed by atoms with Gasteiger partial charge in [-0.15, -0.1) is 0 Å². The SMILES string of the molecule is Nc1nccc2ccc(OC(C(=O)Nc3ccc(N4CCCC4=O)c(Cl)c3)c3ccccc3F)cc12. The van der Waals surface area contributed by atoms with Gasteiger partial charge in [-0.3, -0.25) is 9.59 Å². The van der Waals surface area contributed by atoms with Crippen molar-refractivity contribution in [2.24, 2.45) is 0 Å². The van der Waals surface area contributed by atoms with E-state index in [0.29, 0.717) is 46.3 Å². The number of benzene rings is 3. The van der Waals surface area contributed by atoms with Gasteiger partial charge in [0.25, 0.3) is 5.91 Å². The van der Waals surface area contributed by atoms with Gasteiger partial charge in [0.05, 0.1) is 10.7 Å². The number of carbonyl (C=O) groups excluding carboxylic acids is 2. The molecule has 1 aromatic heterocycles. The van der Waals surface area contributed by atoms with Gasteiger partial charge in [0, 0.05) is 35.8 Å². The summed E-state index contributed by atoms with van der Waals surface area (Å²) in [5, 5.41) is 4.58. The molecule has 1 saturated heterocycles. The van der Waals surface area contributed by atoms with Gasteiger partial charge in [0.1, 0.15) is 17.4 Å². The number of halogens is 2. The average molecular weight is 505 g/mol. The molecule has 1 unspecified atom stereocenters. The Balaban J connectivity index is 1.44. The van der Waals surface area contributed by atoms with Crippen LogP contribution < -0.4 is 20.7 Å². The number of amides is 2. The van der Waals surface area contributed by atoms with E-state index in [4.69, 9.17) is 22.1 Å². The molecule has 2 heterocycles. The first-order valence-corrected chi connectivity index (χ1v) is 11.7. The Morgan fingerprint density at radius 3 is 2.72 bits per heavy atom. The first kappa shape index (κ1) is 23.6. The maximum absolute atomic E-state index is 14.7. The lowest BCUT2D eigenvalue weighted by atomic mass is 10.1. The van der Waals surface area contributed by atoms with Gasteiger partial charge in [0.15, 0.2) is 0 Å². The predicted octanol–water partition coefficient (Wildman–Crippen LogP) is 5.50. The van der Waals surface area contributed by atoms with Crippen LogP contribution in [0, 0.1) is 5.82 Å². The second-order valence-corrected chi connectivity index (χ2v) is 8.81. The molecule has 0 radical (unpaired) electrons. The monoisotopic (exact) mass is 504 g/mol. The van der Waals surface area contributed by atoms with E-state index in [1.54, 1.807) is 59.6 Å². The fourth-order valence-corrected chi connectivity index (χ4v) is 4.52. The summed E-state index contributed by atoms with van der Waals surface area (Å²) in [6, 6.07) is 17.7. The maximum Gasteiger partial charge on any atom is 0.270 e. The highest BCUT2D eigenvalue weighted by Crippen LogP contribution is 2.33. The van der Waals surface area contributed by atoms with Crippen LogP contribution in [0.3, 0.4) is 0 Å². The summed E-state index contributed by atoms with van der Waals surface area (Å²) in [7, 11) is 0. The Hall–Kier alpha value is -4.17. The number of fused-ring (bicyclic) bond motifs is 1. The van der Waals surface area contributed by atoms with Crippen molar-refractivity contribution in [1.82, 2.24) is 4.98 Å². The Morgan fingerprint density at radius 2 is 1.97 bits per heavy atom. The molecular weight excluding hydrogens is 483 g/mol. The minimum absolute atomic E-state index is 0.00734. The van der Waals surface area contributed by atoms with E-state index in [2.05, 4.69) is 10.3 Å². The smallest absolute Gasteiger partial charge is 0.270 e. The predicted molar refractivity (Wildman–Crippen MR) is 138 cm³/mol. The number of hydrogen-bond donors (Lipinski definition) is 2. The van der Waals surface area contributed by atoms with Crippen molar-refractivity contribution >= 4 is 51.4 Å². The van der Waals surface area contributed by atoms with Crippen molar-refractivity contribution in [1.29, 1.82) is 0 Å². The van der Waals surface area contributed by atoms with Crippen LogP contribution in [0.5, 0.6) is 5.75 Å². The molecule has 7 nitrogen and oxygen atoms in total. The zero-order chi connectivity index (χ0) is 25.2. The number of nitrogen functional groups attached to an aromatic ring is 1. The Labute approximate surface area is 211 Å². The number of anilines is 3. The summed E-state index contributed by atoms with van der Waals surface area (Å²) in [5.41, 5.74) is 7.03. The Kier molecular flexibility index (Phi) is 6.43. The highest BCUT2D eigenvalue weighted by atomic mass is 35.5. The van der Waals surface area contributed by atoms with E-state index >= 15 is 0 Å². The molecule has 5 rings (SSSR count). The van der Waals surface area contributed by atoms with Gasteiger partial charge < -0.3 is 20.7 Å². The summed E-state index contributed by atoms with van der Waals surface area (Å²) in [6.45, 7) is 0.596. The average Bonchev–Trinajstić information content (AvgIpc) is 3.29. The molecule has 0 aliphatic carbocycles. The maximum atomic E-state index is 14.7. The third kappa shape index (κ3) is 4.67. The summed E-state index contributed by atoms with van der Waals surface area (Å²) < 4.78 is 20.7. The number of aromatic nitrogens is 1. The fraction of sp³-hybridized carbons (Fsp3) is 0.148. The number of nitrogens with two attached hydrogens (primary N) is 1. The lowest BCUT2D eigenvalue weighted by molar-refractivity contribution is -0.123. The molecule has 4 aromatic rings. The van der Waals surface area contributed by atoms with Crippen LogP contribution in [-0.2, 0) is 9.59 Å². The summed E-state index contributed by atoms with van der Waals surface area (Å²) >= 11 is 6.43. The van der Waals surface area contributed by atoms with Crippen molar-refractivity contribution in [3.63, 3.8) is 0 Å². The lowest BCUT2D eigenvalue weighted by Crippen LogP contribution is -2.27. The Bertz CT molecular complexity index is 1480. The number of nitrogens with one attached hydrogen (secondary N) is 1. The molecule has 1 fully saturated rings. The third-order valence-corrected chi connectivity index (χ3v) is 6.33. The normalized spacial score (nSPS) is 14.2. The molecule has 1 aliphatic heterocycles. The summed E-state index contributed by atoms with van der Waals surface area (Å²) in [5.74, 6) is -0.531. The largest absolute Gasteiger partial charge is 0.476 e. The summed E-state index contributed by atoms with van der Waals surface area (Å²) in [4.78, 5) is 31.1. The van der Waals surface area contributed by atoms with Crippen molar-refractivity contribution in [3.8, 4) is 5.75 Å². The van der Waals surface area contributed by atoms with Crippen molar-refractivity contribution < 1.29 is 18.7 Å². The zero-order valence-corrected chi connectivity index (χ0v) is 19.8. The zero-order valence-electron chi connectivity index (χ0n) is 19.1. The number of nitrogens with zero attached hydrogens (tertiary/aromatic N) is 2. The molecule has 3 aromatic carbocycles. The number of ether oxygens (including phenoxy) is 1. The highest BCUT2D eigenvalue weighted by molar-refractivity contribution is 6.34. The molecule has 182 valence electrons. The van der Waals surface area contributed by atoms with Crippen LogP contribution in [0.2, 0.25) is 5.02 Å². The van der Waals surface area contributed by atoms with Gasteiger partial charge in [0.2, 0.25) is 12.0 Å². The molecule has 1 aliphatic rings. The quantitative estimate of drug-likeness (QED) is 0.361. The van der Waals surface area contributed by atoms with Crippen LogP contribution in [0.15, 0.2) is 72.9 Å². The first-order valence-electron chi connectivity index (χ1n) is 11.4. The van der Waals surface area contributed by atoms with Crippen LogP contribution in [-0.4, -0.2) is 23.3 Å². The van der Waals surface area contributed by atoms with E-state index in [0.717, 1.165) is 11.8 Å². The van der Waals surface area contributed by atoms with E-state index in [1.165, 1.54) is 18.2 Å². The van der Waals surface area contributed by atoms with Crippen molar-refractivity contribution in [2.45, 2.75) is 18.9 Å². The van der Waals surface area contributed by atoms with Crippen molar-refractivity contribution in [2.75, 3.05) is 22.5 Å². The molecular formula is C27H22ClFN4O3. The highest BCUT2D eigenvalue weighted by Gasteiger charge is 2.27. The van der Waals surface area contributed by atoms with Gasteiger partial charge in [-0.1, -0.05) is 35.9 Å². The molecule has 0 saturated carbocycles. The van der Waals surface area contributed by atoms with Crippen LogP contribution in [0.4, 0.5) is 21.6 Å². The van der Waals surface area contributed by atoms with Crippen LogP contribution in [0.25, 0.3) is 10.8 Å². The molecule has 1 atom stereocenters. The standard InChI is InChI=1S/C27H22ClFN4O3/c28-21-14-17(8-10-23(21)33-13-3-6-24(33)34)32-27(35)25(19-4-1-2-5-22(19)29)36-18-9-7-16-11-12-31-26(30)20(16)15-18/h1-2,4-5,7-12,14-15,25H,3,6,13H2,(H2,30,31)(H,32,35). The Morgan fingerprint density at radius 1 is 1.14 bits per heavy atom. The van der Waals surface area contributed by atoms with Gasteiger partial charge in [-0.25, -0.2) is 9.37 Å². The van der Waals surface area contributed by atoms with E-state index < -0.39 is 17.8 Å². The van der Waals surface area contributed by atoms with Crippen LogP contribution in [0.1, 0.15) is 24.5 Å². The number of pyridine rings is 1.